The van der Waals surface area contributed by atoms with Crippen molar-refractivity contribution in [2.45, 2.75) is 37.7 Å². The molecule has 0 rings (SSSR count). The van der Waals surface area contributed by atoms with Gasteiger partial charge < -0.3 is 20.8 Å². The smallest absolute Gasteiger partial charge is 0.328 e. The van der Waals surface area contributed by atoms with Crippen LogP contribution < -0.4 is 10.6 Å². The van der Waals surface area contributed by atoms with E-state index in [0.29, 0.717) is 13.0 Å². The highest BCUT2D eigenvalue weighted by Gasteiger charge is 2.24. The number of urea groups is 1. The summed E-state index contributed by atoms with van der Waals surface area (Å²) in [5, 5.41) is 22.4. The Morgan fingerprint density at radius 2 is 1.89 bits per heavy atom. The fourth-order valence-electron chi connectivity index (χ4n) is 1.14. The predicted molar refractivity (Wildman–Crippen MR) is 67.8 cm³/mol. The fourth-order valence-corrected chi connectivity index (χ4v) is 1.59. The Morgan fingerprint density at radius 3 is 2.28 bits per heavy atom. The Kier molecular flexibility index (Phi) is 7.53. The van der Waals surface area contributed by atoms with Crippen molar-refractivity contribution in [3.8, 4) is 0 Å². The molecule has 0 saturated carbocycles. The van der Waals surface area contributed by atoms with Crippen molar-refractivity contribution in [1.29, 1.82) is 0 Å². The summed E-state index contributed by atoms with van der Waals surface area (Å²) < 4.78 is 11.0. The van der Waals surface area contributed by atoms with E-state index in [4.69, 9.17) is 10.2 Å². The minimum absolute atomic E-state index is 0.0441. The van der Waals surface area contributed by atoms with Crippen LogP contribution in [-0.2, 0) is 15.6 Å². The lowest BCUT2D eigenvalue weighted by Crippen LogP contribution is -2.51. The zero-order valence-corrected chi connectivity index (χ0v) is 11.5. The highest BCUT2D eigenvalue weighted by molar-refractivity contribution is 7.84. The van der Waals surface area contributed by atoms with Crippen LogP contribution in [-0.4, -0.2) is 56.6 Å². The molecule has 0 bridgehead atoms. The molecule has 4 N–H and O–H groups in total. The summed E-state index contributed by atoms with van der Waals surface area (Å²) in [6.45, 7) is 3.37. The fraction of sp³-hybridized carbons (Fsp3) is 0.800. The van der Waals surface area contributed by atoms with Gasteiger partial charge in [-0.25, -0.2) is 9.59 Å². The van der Waals surface area contributed by atoms with Crippen LogP contribution in [0.2, 0.25) is 0 Å². The first-order valence-electron chi connectivity index (χ1n) is 5.53. The Balaban J connectivity index is 4.04. The summed E-state index contributed by atoms with van der Waals surface area (Å²) in [5.74, 6) is -1.30. The molecule has 7 nitrogen and oxygen atoms in total. The second-order valence-electron chi connectivity index (χ2n) is 4.05. The predicted octanol–water partition coefficient (Wildman–Crippen LogP) is -0.723. The average Bonchev–Trinajstić information content (AvgIpc) is 2.24. The molecular formula is C10H20N2O5S. The van der Waals surface area contributed by atoms with Crippen molar-refractivity contribution in [3.05, 3.63) is 0 Å². The number of nitrogens with one attached hydrogen (secondary N) is 2. The zero-order valence-electron chi connectivity index (χ0n) is 10.7. The van der Waals surface area contributed by atoms with Crippen molar-refractivity contribution in [2.75, 3.05) is 12.8 Å². The van der Waals surface area contributed by atoms with Crippen LogP contribution in [0.1, 0.15) is 20.3 Å². The molecule has 2 amide bonds. The van der Waals surface area contributed by atoms with Gasteiger partial charge in [0.15, 0.2) is 6.04 Å². The van der Waals surface area contributed by atoms with Gasteiger partial charge in [0.1, 0.15) is 0 Å². The Bertz CT molecular complexity index is 321. The van der Waals surface area contributed by atoms with E-state index in [0.717, 1.165) is 0 Å². The number of carboxylic acid groups (broad SMARTS) is 1. The van der Waals surface area contributed by atoms with Gasteiger partial charge in [-0.3, -0.25) is 4.21 Å². The number of aliphatic hydroxyl groups is 1. The summed E-state index contributed by atoms with van der Waals surface area (Å²) in [5.41, 5.74) is 0. The van der Waals surface area contributed by atoms with Crippen molar-refractivity contribution in [1.82, 2.24) is 10.6 Å². The van der Waals surface area contributed by atoms with Crippen LogP contribution >= 0.6 is 0 Å². The van der Waals surface area contributed by atoms with Gasteiger partial charge in [0.2, 0.25) is 0 Å². The number of amides is 2. The Hall–Kier alpha value is -1.15. The summed E-state index contributed by atoms with van der Waals surface area (Å²) in [7, 11) is -0.956. The molecular weight excluding hydrogens is 260 g/mol. The topological polar surface area (TPSA) is 116 Å². The maximum absolute atomic E-state index is 11.3. The van der Waals surface area contributed by atoms with Crippen LogP contribution in [0.25, 0.3) is 0 Å². The van der Waals surface area contributed by atoms with Crippen LogP contribution in [0, 0.1) is 0 Å². The van der Waals surface area contributed by atoms with Crippen LogP contribution in [0.3, 0.4) is 0 Å². The van der Waals surface area contributed by atoms with E-state index in [1.54, 1.807) is 13.2 Å². The number of hydrogen-bond acceptors (Lipinski definition) is 4. The number of hydrogen-bond donors (Lipinski definition) is 4. The van der Waals surface area contributed by atoms with E-state index in [-0.39, 0.29) is 5.25 Å². The van der Waals surface area contributed by atoms with Gasteiger partial charge in [0, 0.05) is 28.9 Å². The van der Waals surface area contributed by atoms with Crippen molar-refractivity contribution < 1.29 is 24.0 Å². The Morgan fingerprint density at radius 1 is 1.33 bits per heavy atom. The molecule has 0 aromatic carbocycles. The van der Waals surface area contributed by atoms with Gasteiger partial charge in [-0.1, -0.05) is 6.92 Å². The minimum atomic E-state index is -1.34. The van der Waals surface area contributed by atoms with E-state index in [1.165, 1.54) is 6.92 Å². The number of rotatable bonds is 7. The largest absolute Gasteiger partial charge is 0.480 e. The minimum Gasteiger partial charge on any atom is -0.480 e. The molecule has 0 aliphatic rings. The summed E-state index contributed by atoms with van der Waals surface area (Å²) in [4.78, 5) is 22.0. The second kappa shape index (κ2) is 8.04. The third-order valence-corrected chi connectivity index (χ3v) is 3.81. The molecule has 106 valence electrons. The van der Waals surface area contributed by atoms with Crippen LogP contribution in [0.5, 0.6) is 0 Å². The molecule has 0 fully saturated rings. The highest BCUT2D eigenvalue weighted by atomic mass is 32.2. The first kappa shape index (κ1) is 16.9. The molecule has 0 aliphatic heterocycles. The molecule has 18 heavy (non-hydrogen) atoms. The maximum Gasteiger partial charge on any atom is 0.328 e. The molecule has 0 radical (unpaired) electrons. The van der Waals surface area contributed by atoms with Crippen molar-refractivity contribution in [2.24, 2.45) is 0 Å². The first-order valence-corrected chi connectivity index (χ1v) is 7.15. The molecule has 8 heteroatoms. The summed E-state index contributed by atoms with van der Waals surface area (Å²) >= 11 is 0. The lowest BCUT2D eigenvalue weighted by molar-refractivity contribution is -0.141. The molecule has 4 unspecified atom stereocenters. The number of carbonyl (C=O) groups excluding carboxylic acids is 1. The second-order valence-corrected chi connectivity index (χ2v) is 5.86. The number of aliphatic carboxylic acids is 1. The quantitative estimate of drug-likeness (QED) is 0.491. The van der Waals surface area contributed by atoms with Gasteiger partial charge in [0.25, 0.3) is 0 Å². The molecule has 0 aliphatic carbocycles. The molecule has 0 spiro atoms. The number of carboxylic acids is 1. The maximum atomic E-state index is 11.3. The normalized spacial score (nSPS) is 17.3. The van der Waals surface area contributed by atoms with E-state index in [9.17, 15) is 13.8 Å². The Labute approximate surface area is 108 Å². The van der Waals surface area contributed by atoms with Gasteiger partial charge in [-0.05, 0) is 13.3 Å². The lowest BCUT2D eigenvalue weighted by Gasteiger charge is -2.17. The molecule has 0 aromatic heterocycles. The molecule has 0 saturated heterocycles. The van der Waals surface area contributed by atoms with Crippen molar-refractivity contribution in [3.63, 3.8) is 0 Å². The van der Waals surface area contributed by atoms with E-state index >= 15 is 0 Å². The monoisotopic (exact) mass is 280 g/mol. The number of aliphatic hydroxyl groups excluding tert-OH is 1. The van der Waals surface area contributed by atoms with E-state index in [1.807, 2.05) is 0 Å². The molecule has 4 atom stereocenters. The van der Waals surface area contributed by atoms with Gasteiger partial charge in [-0.2, -0.15) is 0 Å². The van der Waals surface area contributed by atoms with Crippen LogP contribution in [0.15, 0.2) is 0 Å². The standard InChI is InChI=1S/C10H20N2O5S/c1-6(18(3)17)4-5-11-10(16)12-8(7(2)13)9(14)15/h6-8,13H,4-5H2,1-3H3,(H,14,15)(H2,11,12,16). The van der Waals surface area contributed by atoms with Gasteiger partial charge in [-0.15, -0.1) is 0 Å². The van der Waals surface area contributed by atoms with Crippen molar-refractivity contribution >= 4 is 22.8 Å². The van der Waals surface area contributed by atoms with E-state index < -0.39 is 34.9 Å². The van der Waals surface area contributed by atoms with Crippen LogP contribution in [0.4, 0.5) is 4.79 Å². The van der Waals surface area contributed by atoms with Gasteiger partial charge >= 0.3 is 12.0 Å². The SMILES string of the molecule is CC(O)C(NC(=O)NCCC(C)S(C)=O)C(=O)O. The zero-order chi connectivity index (χ0) is 14.3. The average molecular weight is 280 g/mol. The van der Waals surface area contributed by atoms with Gasteiger partial charge in [0.05, 0.1) is 6.10 Å². The first-order chi connectivity index (χ1) is 8.25. The summed E-state index contributed by atoms with van der Waals surface area (Å²) in [6.07, 6.45) is 0.928. The third kappa shape index (κ3) is 6.55. The summed E-state index contributed by atoms with van der Waals surface area (Å²) in [6, 6.07) is -2.01. The molecule has 0 heterocycles. The van der Waals surface area contributed by atoms with E-state index in [2.05, 4.69) is 10.6 Å². The third-order valence-electron chi connectivity index (χ3n) is 2.44. The number of carbonyl (C=O) groups is 2. The highest BCUT2D eigenvalue weighted by Crippen LogP contribution is 1.97. The molecule has 0 aromatic rings. The lowest BCUT2D eigenvalue weighted by atomic mass is 10.2.